The number of piperidine rings is 1. The second kappa shape index (κ2) is 9.47. The SMILES string of the molecule is CN1C(=O)CC[C@@]2(C)C1CC[C@@H]1[C@H]2CC[C@]2(C)C(CNC(=O)CCCc3c[nH]c4ccccc34)CC[C@@H]12. The molecule has 0 spiro atoms. The van der Waals surface area contributed by atoms with Crippen LogP contribution in [-0.4, -0.2) is 41.3 Å². The second-order valence-electron chi connectivity index (χ2n) is 13.3. The van der Waals surface area contributed by atoms with E-state index in [1.165, 1.54) is 55.0 Å². The number of H-pyrrole nitrogens is 1. The number of aromatic nitrogens is 1. The van der Waals surface area contributed by atoms with Gasteiger partial charge in [0.25, 0.3) is 0 Å². The quantitative estimate of drug-likeness (QED) is 0.501. The average Bonchev–Trinajstić information content (AvgIpc) is 3.46. The van der Waals surface area contributed by atoms with Crippen LogP contribution in [0.3, 0.4) is 0 Å². The van der Waals surface area contributed by atoms with Gasteiger partial charge in [-0.2, -0.15) is 0 Å². The van der Waals surface area contributed by atoms with Gasteiger partial charge >= 0.3 is 0 Å². The molecule has 5 heteroatoms. The van der Waals surface area contributed by atoms with Gasteiger partial charge in [0.05, 0.1) is 0 Å². The van der Waals surface area contributed by atoms with Crippen molar-refractivity contribution in [2.24, 2.45) is 34.5 Å². The summed E-state index contributed by atoms with van der Waals surface area (Å²) in [6, 6.07) is 8.83. The number of amides is 2. The van der Waals surface area contributed by atoms with Crippen molar-refractivity contribution in [2.75, 3.05) is 13.6 Å². The van der Waals surface area contributed by atoms with Crippen molar-refractivity contribution in [2.45, 2.75) is 90.5 Å². The van der Waals surface area contributed by atoms with Crippen LogP contribution in [-0.2, 0) is 16.0 Å². The molecule has 0 bridgehead atoms. The van der Waals surface area contributed by atoms with Crippen LogP contribution < -0.4 is 5.32 Å². The molecule has 2 aromatic rings. The number of nitrogens with zero attached hydrogens (tertiary/aromatic N) is 1. The van der Waals surface area contributed by atoms with E-state index in [0.29, 0.717) is 29.7 Å². The number of hydrogen-bond acceptors (Lipinski definition) is 2. The highest BCUT2D eigenvalue weighted by Gasteiger charge is 2.60. The molecular weight excluding hydrogens is 458 g/mol. The van der Waals surface area contributed by atoms with Crippen LogP contribution in [0.5, 0.6) is 0 Å². The molecule has 2 unspecified atom stereocenters. The third-order valence-electron chi connectivity index (χ3n) is 11.8. The zero-order chi connectivity index (χ0) is 25.8. The standard InChI is InChI=1S/C32H45N3O2/c1-31-17-15-26-24(12-14-28-32(26,2)18-16-30(37)35(28)3)25(31)13-11-22(31)20-34-29(36)10-6-7-21-19-33-27-9-5-4-8-23(21)27/h4-5,8-9,19,22,24-26,28,33H,6-7,10-18,20H2,1-3H3,(H,34,36)/t22?,24-,25-,26+,28?,31+,32+/m0/s1. The number of nitrogens with one attached hydrogen (secondary N) is 2. The molecule has 1 aromatic heterocycles. The minimum Gasteiger partial charge on any atom is -0.361 e. The van der Waals surface area contributed by atoms with Crippen molar-refractivity contribution >= 4 is 22.7 Å². The molecule has 1 saturated heterocycles. The summed E-state index contributed by atoms with van der Waals surface area (Å²) in [5, 5.41) is 4.62. The normalized spacial score (nSPS) is 37.2. The van der Waals surface area contributed by atoms with Crippen LogP contribution in [0.1, 0.15) is 83.6 Å². The highest BCUT2D eigenvalue weighted by Crippen LogP contribution is 2.66. The number of likely N-dealkylation sites (tertiary alicyclic amines) is 1. The van der Waals surface area contributed by atoms with Gasteiger partial charge < -0.3 is 15.2 Å². The Labute approximate surface area is 222 Å². The van der Waals surface area contributed by atoms with Gasteiger partial charge in [0, 0.05) is 49.6 Å². The van der Waals surface area contributed by atoms with Gasteiger partial charge in [-0.3, -0.25) is 9.59 Å². The first-order valence-electron chi connectivity index (χ1n) is 14.9. The maximum absolute atomic E-state index is 12.8. The third kappa shape index (κ3) is 4.12. The molecule has 3 aliphatic carbocycles. The Kier molecular flexibility index (Phi) is 6.40. The molecule has 4 aliphatic rings. The molecule has 2 N–H and O–H groups in total. The van der Waals surface area contributed by atoms with Gasteiger partial charge in [0.2, 0.25) is 11.8 Å². The Morgan fingerprint density at radius 1 is 1.05 bits per heavy atom. The fourth-order valence-electron chi connectivity index (χ4n) is 9.70. The first-order valence-corrected chi connectivity index (χ1v) is 14.9. The van der Waals surface area contributed by atoms with E-state index >= 15 is 0 Å². The lowest BCUT2D eigenvalue weighted by atomic mass is 9.47. The largest absolute Gasteiger partial charge is 0.361 e. The minimum atomic E-state index is 0.212. The van der Waals surface area contributed by atoms with Crippen LogP contribution in [0.15, 0.2) is 30.5 Å². The van der Waals surface area contributed by atoms with Gasteiger partial charge in [-0.1, -0.05) is 32.0 Å². The summed E-state index contributed by atoms with van der Waals surface area (Å²) in [5.74, 6) is 3.47. The zero-order valence-corrected chi connectivity index (χ0v) is 23.0. The number of aromatic amines is 1. The number of hydrogen-bond donors (Lipinski definition) is 2. The molecule has 0 radical (unpaired) electrons. The number of aryl methyl sites for hydroxylation is 1. The topological polar surface area (TPSA) is 65.2 Å². The van der Waals surface area contributed by atoms with Crippen molar-refractivity contribution in [3.63, 3.8) is 0 Å². The second-order valence-corrected chi connectivity index (χ2v) is 13.3. The fraction of sp³-hybridized carbons (Fsp3) is 0.688. The summed E-state index contributed by atoms with van der Waals surface area (Å²) in [6.07, 6.45) is 13.9. The Bertz CT molecular complexity index is 1170. The molecule has 3 saturated carbocycles. The molecule has 1 aromatic carbocycles. The molecule has 7 atom stereocenters. The van der Waals surface area contributed by atoms with E-state index in [1.54, 1.807) is 0 Å². The van der Waals surface area contributed by atoms with Crippen molar-refractivity contribution in [1.29, 1.82) is 0 Å². The van der Waals surface area contributed by atoms with Crippen molar-refractivity contribution in [3.05, 3.63) is 36.0 Å². The molecule has 37 heavy (non-hydrogen) atoms. The molecule has 5 nitrogen and oxygen atoms in total. The number of para-hydroxylation sites is 1. The molecule has 1 aliphatic heterocycles. The number of carbonyl (C=O) groups is 2. The van der Waals surface area contributed by atoms with E-state index < -0.39 is 0 Å². The number of benzene rings is 1. The number of fused-ring (bicyclic) bond motifs is 6. The van der Waals surface area contributed by atoms with E-state index in [2.05, 4.69) is 59.5 Å². The predicted molar refractivity (Wildman–Crippen MR) is 148 cm³/mol. The average molecular weight is 504 g/mol. The summed E-state index contributed by atoms with van der Waals surface area (Å²) in [6.45, 7) is 5.89. The molecule has 6 rings (SSSR count). The number of carbonyl (C=O) groups excluding carboxylic acids is 2. The van der Waals surface area contributed by atoms with Crippen LogP contribution in [0, 0.1) is 34.5 Å². The maximum Gasteiger partial charge on any atom is 0.222 e. The summed E-state index contributed by atoms with van der Waals surface area (Å²) in [4.78, 5) is 30.7. The molecular formula is C32H45N3O2. The van der Waals surface area contributed by atoms with E-state index in [9.17, 15) is 9.59 Å². The summed E-state index contributed by atoms with van der Waals surface area (Å²) in [5.41, 5.74) is 3.11. The van der Waals surface area contributed by atoms with Gasteiger partial charge in [-0.05, 0) is 104 Å². The van der Waals surface area contributed by atoms with Crippen molar-refractivity contribution in [1.82, 2.24) is 15.2 Å². The lowest BCUT2D eigenvalue weighted by Crippen LogP contribution is -2.61. The lowest BCUT2D eigenvalue weighted by molar-refractivity contribution is -0.158. The zero-order valence-electron chi connectivity index (χ0n) is 23.0. The summed E-state index contributed by atoms with van der Waals surface area (Å²) < 4.78 is 0. The molecule has 4 fully saturated rings. The predicted octanol–water partition coefficient (Wildman–Crippen LogP) is 6.09. The maximum atomic E-state index is 12.8. The lowest BCUT2D eigenvalue weighted by Gasteiger charge is -2.61. The summed E-state index contributed by atoms with van der Waals surface area (Å²) >= 11 is 0. The smallest absolute Gasteiger partial charge is 0.222 e. The van der Waals surface area contributed by atoms with Gasteiger partial charge in [-0.25, -0.2) is 0 Å². The first kappa shape index (κ1) is 25.0. The monoisotopic (exact) mass is 503 g/mol. The van der Waals surface area contributed by atoms with Crippen LogP contribution in [0.25, 0.3) is 10.9 Å². The number of rotatable bonds is 6. The van der Waals surface area contributed by atoms with Crippen molar-refractivity contribution < 1.29 is 9.59 Å². The van der Waals surface area contributed by atoms with Crippen LogP contribution >= 0.6 is 0 Å². The Balaban J connectivity index is 1.04. The highest BCUT2D eigenvalue weighted by molar-refractivity contribution is 5.83. The first-order chi connectivity index (χ1) is 17.8. The van der Waals surface area contributed by atoms with Gasteiger partial charge in [-0.15, -0.1) is 0 Å². The Morgan fingerprint density at radius 2 is 1.86 bits per heavy atom. The fourth-order valence-corrected chi connectivity index (χ4v) is 9.70. The minimum absolute atomic E-state index is 0.212. The van der Waals surface area contributed by atoms with Gasteiger partial charge in [0.15, 0.2) is 0 Å². The summed E-state index contributed by atoms with van der Waals surface area (Å²) in [7, 11) is 2.05. The molecule has 2 amide bonds. The molecule has 200 valence electrons. The Morgan fingerprint density at radius 3 is 2.73 bits per heavy atom. The third-order valence-corrected chi connectivity index (χ3v) is 11.8. The molecule has 2 heterocycles. The van der Waals surface area contributed by atoms with Crippen molar-refractivity contribution in [3.8, 4) is 0 Å². The van der Waals surface area contributed by atoms with Gasteiger partial charge in [0.1, 0.15) is 0 Å². The Hall–Kier alpha value is -2.30. The van der Waals surface area contributed by atoms with E-state index in [1.807, 2.05) is 7.05 Å². The van der Waals surface area contributed by atoms with E-state index in [4.69, 9.17) is 0 Å². The van der Waals surface area contributed by atoms with Crippen LogP contribution in [0.4, 0.5) is 0 Å². The highest BCUT2D eigenvalue weighted by atomic mass is 16.2. The van der Waals surface area contributed by atoms with E-state index in [-0.39, 0.29) is 11.3 Å². The van der Waals surface area contributed by atoms with E-state index in [0.717, 1.165) is 50.0 Å². The van der Waals surface area contributed by atoms with Crippen LogP contribution in [0.2, 0.25) is 0 Å².